The van der Waals surface area contributed by atoms with Crippen LogP contribution in [0.1, 0.15) is 70.5 Å². The number of phenols is 2. The fourth-order valence-electron chi connectivity index (χ4n) is 4.63. The zero-order valence-electron chi connectivity index (χ0n) is 24.6. The van der Waals surface area contributed by atoms with Gasteiger partial charge >= 0.3 is 12.1 Å². The van der Waals surface area contributed by atoms with Crippen LogP contribution in [0.15, 0.2) is 48.5 Å². The van der Waals surface area contributed by atoms with Gasteiger partial charge in [-0.05, 0) is 70.7 Å². The Kier molecular flexibility index (Phi) is 11.2. The smallest absolute Gasteiger partial charge is 0.408 e. The van der Waals surface area contributed by atoms with Crippen LogP contribution in [0.25, 0.3) is 0 Å². The molecule has 2 unspecified atom stereocenters. The number of nitrogens with zero attached hydrogens (tertiary/aromatic N) is 1. The van der Waals surface area contributed by atoms with Crippen LogP contribution in [0.3, 0.4) is 0 Å². The van der Waals surface area contributed by atoms with Crippen LogP contribution in [0, 0.1) is 0 Å². The third-order valence-electron chi connectivity index (χ3n) is 6.78. The first-order valence-electron chi connectivity index (χ1n) is 14.2. The van der Waals surface area contributed by atoms with Gasteiger partial charge < -0.3 is 35.2 Å². The van der Waals surface area contributed by atoms with E-state index >= 15 is 0 Å². The van der Waals surface area contributed by atoms with E-state index in [0.29, 0.717) is 18.4 Å². The SMILES string of the molecule is CCOC(=O)CCNC(=O)C(c1ccccc1O)N(C(=O)C(Cc1ccc(O)cc1)NC(=O)OC(C)(C)C)C1CCC1. The Morgan fingerprint density at radius 3 is 2.26 bits per heavy atom. The molecule has 2 aromatic rings. The molecule has 1 aliphatic carbocycles. The molecule has 0 aromatic heterocycles. The van der Waals surface area contributed by atoms with Crippen molar-refractivity contribution < 1.29 is 38.9 Å². The Hall–Kier alpha value is -4.28. The predicted molar refractivity (Wildman–Crippen MR) is 155 cm³/mol. The lowest BCUT2D eigenvalue weighted by molar-refractivity contribution is -0.148. The first kappa shape index (κ1) is 32.2. The Balaban J connectivity index is 1.99. The number of hydrogen-bond donors (Lipinski definition) is 4. The summed E-state index contributed by atoms with van der Waals surface area (Å²) in [4.78, 5) is 54.3. The molecule has 2 aromatic carbocycles. The van der Waals surface area contributed by atoms with Crippen molar-refractivity contribution in [3.8, 4) is 11.5 Å². The Bertz CT molecular complexity index is 1240. The highest BCUT2D eigenvalue weighted by Gasteiger charge is 2.42. The number of ether oxygens (including phenoxy) is 2. The molecule has 3 amide bonds. The average molecular weight is 584 g/mol. The number of nitrogens with one attached hydrogen (secondary N) is 2. The Labute approximate surface area is 246 Å². The van der Waals surface area contributed by atoms with Crippen molar-refractivity contribution in [1.29, 1.82) is 0 Å². The number of para-hydroxylation sites is 1. The molecule has 1 aliphatic rings. The number of benzene rings is 2. The fourth-order valence-corrected chi connectivity index (χ4v) is 4.63. The van der Waals surface area contributed by atoms with Gasteiger partial charge in [-0.15, -0.1) is 0 Å². The van der Waals surface area contributed by atoms with Gasteiger partial charge in [-0.1, -0.05) is 30.3 Å². The van der Waals surface area contributed by atoms with Crippen LogP contribution < -0.4 is 10.6 Å². The van der Waals surface area contributed by atoms with Crippen molar-refractivity contribution in [2.24, 2.45) is 0 Å². The van der Waals surface area contributed by atoms with Gasteiger partial charge in [0.05, 0.1) is 13.0 Å². The van der Waals surface area contributed by atoms with E-state index < -0.39 is 41.6 Å². The number of hydrogen-bond acceptors (Lipinski definition) is 8. The summed E-state index contributed by atoms with van der Waals surface area (Å²) in [5, 5.41) is 25.9. The number of alkyl carbamates (subject to hydrolysis) is 1. The van der Waals surface area contributed by atoms with E-state index in [9.17, 15) is 29.4 Å². The minimum atomic E-state index is -1.24. The van der Waals surface area contributed by atoms with Crippen LogP contribution in [0.2, 0.25) is 0 Å². The summed E-state index contributed by atoms with van der Waals surface area (Å²) in [6.45, 7) is 7.00. The minimum absolute atomic E-state index is 0.0262. The van der Waals surface area contributed by atoms with Crippen molar-refractivity contribution >= 4 is 23.9 Å². The van der Waals surface area contributed by atoms with E-state index in [1.807, 2.05) is 0 Å². The second kappa shape index (κ2) is 14.6. The third-order valence-corrected chi connectivity index (χ3v) is 6.78. The maximum Gasteiger partial charge on any atom is 0.408 e. The van der Waals surface area contributed by atoms with Crippen molar-refractivity contribution in [3.05, 3.63) is 59.7 Å². The first-order valence-corrected chi connectivity index (χ1v) is 14.2. The number of rotatable bonds is 12. The molecule has 11 nitrogen and oxygen atoms in total. The van der Waals surface area contributed by atoms with Gasteiger partial charge in [0, 0.05) is 24.6 Å². The van der Waals surface area contributed by atoms with Crippen LogP contribution in [-0.2, 0) is 30.3 Å². The number of carbonyl (C=O) groups excluding carboxylic acids is 4. The number of aromatic hydroxyl groups is 2. The highest BCUT2D eigenvalue weighted by Crippen LogP contribution is 2.37. The number of phenolic OH excluding ortho intramolecular Hbond substituents is 2. The molecular formula is C31H41N3O8. The van der Waals surface area contributed by atoms with Gasteiger partial charge in [-0.2, -0.15) is 0 Å². The molecule has 0 radical (unpaired) electrons. The number of amides is 3. The normalized spacial score (nSPS) is 14.6. The molecule has 228 valence electrons. The maximum atomic E-state index is 14.4. The standard InChI is InChI=1S/C31H41N3O8/c1-5-41-26(37)17-18-32-28(38)27(23-11-6-7-12-25(23)36)34(21-9-8-10-21)29(39)24(33-30(40)42-31(2,3)4)19-20-13-15-22(35)16-14-20/h6-7,11-16,21,24,27,35-36H,5,8-10,17-19H2,1-4H3,(H,32,38)(H,33,40). The molecule has 42 heavy (non-hydrogen) atoms. The summed E-state index contributed by atoms with van der Waals surface area (Å²) in [6.07, 6.45) is 1.29. The summed E-state index contributed by atoms with van der Waals surface area (Å²) >= 11 is 0. The van der Waals surface area contributed by atoms with E-state index in [2.05, 4.69) is 10.6 Å². The molecule has 11 heteroatoms. The average Bonchev–Trinajstić information content (AvgIpc) is 2.88. The van der Waals surface area contributed by atoms with Gasteiger partial charge in [0.1, 0.15) is 29.2 Å². The third kappa shape index (κ3) is 9.12. The van der Waals surface area contributed by atoms with Gasteiger partial charge in [-0.3, -0.25) is 14.4 Å². The molecule has 0 saturated heterocycles. The highest BCUT2D eigenvalue weighted by atomic mass is 16.6. The van der Waals surface area contributed by atoms with Crippen molar-refractivity contribution in [2.45, 2.75) is 83.5 Å². The largest absolute Gasteiger partial charge is 0.508 e. The molecule has 2 atom stereocenters. The van der Waals surface area contributed by atoms with Crippen LogP contribution in [-0.4, -0.2) is 69.8 Å². The monoisotopic (exact) mass is 583 g/mol. The Morgan fingerprint density at radius 1 is 1.02 bits per heavy atom. The van der Waals surface area contributed by atoms with Gasteiger partial charge in [-0.25, -0.2) is 4.79 Å². The lowest BCUT2D eigenvalue weighted by Gasteiger charge is -2.43. The first-order chi connectivity index (χ1) is 19.9. The van der Waals surface area contributed by atoms with Gasteiger partial charge in [0.25, 0.3) is 0 Å². The molecule has 1 saturated carbocycles. The minimum Gasteiger partial charge on any atom is -0.508 e. The number of carbonyl (C=O) groups is 4. The van der Waals surface area contributed by atoms with E-state index in [1.54, 1.807) is 58.0 Å². The summed E-state index contributed by atoms with van der Waals surface area (Å²) in [7, 11) is 0. The van der Waals surface area contributed by atoms with Crippen molar-refractivity contribution in [1.82, 2.24) is 15.5 Å². The summed E-state index contributed by atoms with van der Waals surface area (Å²) in [6, 6.07) is 9.81. The van der Waals surface area contributed by atoms with Crippen LogP contribution >= 0.6 is 0 Å². The molecule has 1 fully saturated rings. The van der Waals surface area contributed by atoms with E-state index in [4.69, 9.17) is 9.47 Å². The maximum absolute atomic E-state index is 14.4. The quantitative estimate of drug-likeness (QED) is 0.276. The predicted octanol–water partition coefficient (Wildman–Crippen LogP) is 3.73. The van der Waals surface area contributed by atoms with Gasteiger partial charge in [0.15, 0.2) is 0 Å². The second-order valence-corrected chi connectivity index (χ2v) is 11.2. The van der Waals surface area contributed by atoms with Crippen LogP contribution in [0.4, 0.5) is 4.79 Å². The van der Waals surface area contributed by atoms with E-state index in [0.717, 1.165) is 6.42 Å². The fraction of sp³-hybridized carbons (Fsp3) is 0.484. The molecule has 0 heterocycles. The van der Waals surface area contributed by atoms with Crippen LogP contribution in [0.5, 0.6) is 11.5 Å². The summed E-state index contributed by atoms with van der Waals surface area (Å²) in [5.74, 6) is -1.71. The van der Waals surface area contributed by atoms with Crippen molar-refractivity contribution in [3.63, 3.8) is 0 Å². The van der Waals surface area contributed by atoms with E-state index in [-0.39, 0.29) is 49.1 Å². The topological polar surface area (TPSA) is 154 Å². The molecule has 4 N–H and O–H groups in total. The lowest BCUT2D eigenvalue weighted by Crippen LogP contribution is -2.58. The highest BCUT2D eigenvalue weighted by molar-refractivity contribution is 5.93. The molecular weight excluding hydrogens is 542 g/mol. The molecule has 0 spiro atoms. The van der Waals surface area contributed by atoms with Gasteiger partial charge in [0.2, 0.25) is 11.8 Å². The zero-order chi connectivity index (χ0) is 30.9. The van der Waals surface area contributed by atoms with E-state index in [1.165, 1.54) is 23.1 Å². The molecule has 3 rings (SSSR count). The summed E-state index contributed by atoms with van der Waals surface area (Å²) < 4.78 is 10.4. The Morgan fingerprint density at radius 2 is 1.69 bits per heavy atom. The van der Waals surface area contributed by atoms with Crippen molar-refractivity contribution in [2.75, 3.05) is 13.2 Å². The molecule has 0 aliphatic heterocycles. The second-order valence-electron chi connectivity index (χ2n) is 11.2. The zero-order valence-corrected chi connectivity index (χ0v) is 24.6. The summed E-state index contributed by atoms with van der Waals surface area (Å²) in [5.41, 5.74) is 0.0573. The molecule has 0 bridgehead atoms. The lowest BCUT2D eigenvalue weighted by atomic mass is 9.87. The number of esters is 1.